The number of sulfone groups is 1. The van der Waals surface area contributed by atoms with Crippen molar-refractivity contribution in [3.63, 3.8) is 0 Å². The Bertz CT molecular complexity index is 1150. The molecule has 3 rings (SSSR count). The highest BCUT2D eigenvalue weighted by Crippen LogP contribution is 2.36. The molecule has 0 radical (unpaired) electrons. The summed E-state index contributed by atoms with van der Waals surface area (Å²) in [6.45, 7) is 0. The zero-order chi connectivity index (χ0) is 24.3. The summed E-state index contributed by atoms with van der Waals surface area (Å²) in [6, 6.07) is 5.96. The topological polar surface area (TPSA) is 112 Å². The summed E-state index contributed by atoms with van der Waals surface area (Å²) in [7, 11) is -4.13. The van der Waals surface area contributed by atoms with Crippen LogP contribution in [0, 0.1) is 17.1 Å². The molecule has 1 heterocycles. The molecule has 1 amide bonds. The second kappa shape index (κ2) is 9.44. The molecule has 0 aliphatic heterocycles. The van der Waals surface area contributed by atoms with Crippen LogP contribution in [-0.2, 0) is 20.4 Å². The Morgan fingerprint density at radius 3 is 2.39 bits per heavy atom. The Labute approximate surface area is 187 Å². The number of aromatic nitrogens is 1. The average molecular weight is 484 g/mol. The van der Waals surface area contributed by atoms with Crippen molar-refractivity contribution in [1.82, 2.24) is 15.6 Å². The Hall–Kier alpha value is -3.04. The van der Waals surface area contributed by atoms with Crippen LogP contribution in [0.3, 0.4) is 0 Å². The number of halogens is 4. The molecular formula is C21H20F4N4O3S. The summed E-state index contributed by atoms with van der Waals surface area (Å²) >= 11 is 0. The van der Waals surface area contributed by atoms with Crippen LogP contribution in [0.1, 0.15) is 30.1 Å². The van der Waals surface area contributed by atoms with Crippen molar-refractivity contribution in [2.45, 2.75) is 42.4 Å². The van der Waals surface area contributed by atoms with Gasteiger partial charge in [-0.2, -0.15) is 18.4 Å². The van der Waals surface area contributed by atoms with E-state index in [0.29, 0.717) is 12.8 Å². The Kier molecular flexibility index (Phi) is 7.04. The van der Waals surface area contributed by atoms with E-state index in [9.17, 15) is 36.0 Å². The normalized spacial score (nSPS) is 16.9. The van der Waals surface area contributed by atoms with E-state index >= 15 is 0 Å². The monoisotopic (exact) mass is 484 g/mol. The van der Waals surface area contributed by atoms with Crippen LogP contribution in [0.4, 0.5) is 17.6 Å². The van der Waals surface area contributed by atoms with Crippen molar-refractivity contribution in [2.75, 3.05) is 5.75 Å². The maximum Gasteiger partial charge on any atom is 0.408 e. The summed E-state index contributed by atoms with van der Waals surface area (Å²) in [4.78, 5) is 16.7. The number of benzene rings is 1. The summed E-state index contributed by atoms with van der Waals surface area (Å²) in [5.41, 5.74) is -1.88. The second-order valence-corrected chi connectivity index (χ2v) is 9.88. The Balaban J connectivity index is 1.91. The van der Waals surface area contributed by atoms with Crippen molar-refractivity contribution >= 4 is 15.7 Å². The van der Waals surface area contributed by atoms with Crippen LogP contribution < -0.4 is 10.6 Å². The maximum atomic E-state index is 14.2. The van der Waals surface area contributed by atoms with E-state index in [4.69, 9.17) is 0 Å². The molecule has 2 N–H and O–H groups in total. The van der Waals surface area contributed by atoms with Gasteiger partial charge in [-0.3, -0.25) is 15.1 Å². The first-order valence-corrected chi connectivity index (χ1v) is 11.7. The molecule has 12 heteroatoms. The van der Waals surface area contributed by atoms with Crippen LogP contribution in [0.25, 0.3) is 0 Å². The number of pyridine rings is 1. The highest BCUT2D eigenvalue weighted by molar-refractivity contribution is 7.90. The fraction of sp³-hybridized carbons (Fsp3) is 0.381. The quantitative estimate of drug-likeness (QED) is 0.529. The summed E-state index contributed by atoms with van der Waals surface area (Å²) < 4.78 is 81.1. The SMILES string of the molecule is N#CC1(NC(=O)[C@H](CS(=O)(=O)Cc2ccccn2)N[C@@H](c2ccccc2F)C(F)(F)F)CC1. The fourth-order valence-corrected chi connectivity index (χ4v) is 4.70. The first-order valence-electron chi connectivity index (χ1n) is 9.85. The zero-order valence-corrected chi connectivity index (χ0v) is 18.0. The van der Waals surface area contributed by atoms with Crippen LogP contribution >= 0.6 is 0 Å². The molecule has 1 aromatic heterocycles. The third kappa shape index (κ3) is 6.49. The lowest BCUT2D eigenvalue weighted by Crippen LogP contribution is -2.54. The van der Waals surface area contributed by atoms with Crippen LogP contribution in [0.2, 0.25) is 0 Å². The van der Waals surface area contributed by atoms with E-state index < -0.39 is 62.4 Å². The number of carbonyl (C=O) groups excluding carboxylic acids is 1. The molecule has 176 valence electrons. The highest BCUT2D eigenvalue weighted by Gasteiger charge is 2.48. The number of nitriles is 1. The van der Waals surface area contributed by atoms with E-state index in [1.807, 2.05) is 11.4 Å². The molecule has 1 aromatic carbocycles. The van der Waals surface area contributed by atoms with E-state index in [0.717, 1.165) is 12.1 Å². The predicted molar refractivity (Wildman–Crippen MR) is 110 cm³/mol. The Morgan fingerprint density at radius 2 is 1.85 bits per heavy atom. The zero-order valence-electron chi connectivity index (χ0n) is 17.1. The first kappa shape index (κ1) is 24.6. The minimum Gasteiger partial charge on any atom is -0.336 e. The summed E-state index contributed by atoms with van der Waals surface area (Å²) in [5.74, 6) is -3.89. The van der Waals surface area contributed by atoms with Gasteiger partial charge >= 0.3 is 6.18 Å². The highest BCUT2D eigenvalue weighted by atomic mass is 32.2. The van der Waals surface area contributed by atoms with Crippen molar-refractivity contribution in [2.24, 2.45) is 0 Å². The van der Waals surface area contributed by atoms with Crippen LogP contribution in [0.15, 0.2) is 48.7 Å². The number of hydrogen-bond acceptors (Lipinski definition) is 6. The molecule has 1 aliphatic carbocycles. The minimum atomic E-state index is -5.04. The first-order chi connectivity index (χ1) is 15.4. The number of alkyl halides is 3. The minimum absolute atomic E-state index is 0.147. The number of amides is 1. The van der Waals surface area contributed by atoms with Gasteiger partial charge < -0.3 is 5.32 Å². The van der Waals surface area contributed by atoms with Gasteiger partial charge in [-0.25, -0.2) is 12.8 Å². The number of rotatable bonds is 9. The standard InChI is InChI=1S/C21H20F4N4O3S/c22-16-7-2-1-6-15(16)18(21(23,24)25)28-17(19(30)29-20(13-26)8-9-20)12-33(31,32)11-14-5-3-4-10-27-14/h1-7,10,17-18,28H,8-9,11-12H2,(H,29,30)/t17-,18-/m0/s1. The van der Waals surface area contributed by atoms with Gasteiger partial charge in [-0.05, 0) is 31.0 Å². The summed E-state index contributed by atoms with van der Waals surface area (Å²) in [6.07, 6.45) is -3.11. The van der Waals surface area contributed by atoms with Gasteiger partial charge in [-0.1, -0.05) is 24.3 Å². The molecule has 0 spiro atoms. The number of hydrogen-bond donors (Lipinski definition) is 2. The van der Waals surface area contributed by atoms with Gasteiger partial charge in [0.1, 0.15) is 23.4 Å². The largest absolute Gasteiger partial charge is 0.408 e. The lowest BCUT2D eigenvalue weighted by molar-refractivity contribution is -0.161. The number of nitrogens with one attached hydrogen (secondary N) is 2. The molecule has 1 aliphatic rings. The lowest BCUT2D eigenvalue weighted by atomic mass is 10.0. The van der Waals surface area contributed by atoms with Crippen molar-refractivity contribution in [1.29, 1.82) is 5.26 Å². The average Bonchev–Trinajstić information content (AvgIpc) is 3.51. The molecule has 1 saturated carbocycles. The van der Waals surface area contributed by atoms with Gasteiger partial charge in [0.2, 0.25) is 5.91 Å². The number of nitrogens with zero attached hydrogens (tertiary/aromatic N) is 2. The van der Waals surface area contributed by atoms with E-state index in [1.165, 1.54) is 24.4 Å². The molecule has 2 atom stereocenters. The fourth-order valence-electron chi connectivity index (χ4n) is 3.20. The maximum absolute atomic E-state index is 14.2. The predicted octanol–water partition coefficient (Wildman–Crippen LogP) is 2.57. The van der Waals surface area contributed by atoms with Gasteiger partial charge in [0, 0.05) is 11.8 Å². The van der Waals surface area contributed by atoms with Gasteiger partial charge in [0.15, 0.2) is 9.84 Å². The molecule has 0 saturated heterocycles. The van der Waals surface area contributed by atoms with Crippen LogP contribution in [-0.4, -0.2) is 42.8 Å². The molecule has 0 bridgehead atoms. The van der Waals surface area contributed by atoms with E-state index in [-0.39, 0.29) is 5.69 Å². The molecular weight excluding hydrogens is 464 g/mol. The Morgan fingerprint density at radius 1 is 1.18 bits per heavy atom. The van der Waals surface area contributed by atoms with E-state index in [1.54, 1.807) is 12.1 Å². The second-order valence-electron chi connectivity index (χ2n) is 7.77. The lowest BCUT2D eigenvalue weighted by Gasteiger charge is -2.28. The third-order valence-corrected chi connectivity index (χ3v) is 6.65. The molecule has 1 fully saturated rings. The smallest absolute Gasteiger partial charge is 0.336 e. The van der Waals surface area contributed by atoms with Crippen LogP contribution in [0.5, 0.6) is 0 Å². The van der Waals surface area contributed by atoms with Crippen molar-refractivity contribution < 1.29 is 30.8 Å². The van der Waals surface area contributed by atoms with Gasteiger partial charge in [-0.15, -0.1) is 0 Å². The van der Waals surface area contributed by atoms with Crippen molar-refractivity contribution in [3.05, 3.63) is 65.7 Å². The van der Waals surface area contributed by atoms with E-state index in [2.05, 4.69) is 10.3 Å². The van der Waals surface area contributed by atoms with Gasteiger partial charge in [0.05, 0.1) is 23.3 Å². The molecule has 2 aromatic rings. The molecule has 33 heavy (non-hydrogen) atoms. The molecule has 7 nitrogen and oxygen atoms in total. The summed E-state index contributed by atoms with van der Waals surface area (Å²) in [5, 5.41) is 13.5. The number of carbonyl (C=O) groups is 1. The molecule has 0 unspecified atom stereocenters. The van der Waals surface area contributed by atoms with Gasteiger partial charge in [0.25, 0.3) is 0 Å². The third-order valence-electron chi connectivity index (χ3n) is 5.07. The van der Waals surface area contributed by atoms with Crippen molar-refractivity contribution in [3.8, 4) is 6.07 Å².